The van der Waals surface area contributed by atoms with Crippen LogP contribution in [0.4, 0.5) is 0 Å². The molecule has 0 amide bonds. The monoisotopic (exact) mass is 194 g/mol. The Hall–Kier alpha value is -1.23. The van der Waals surface area contributed by atoms with Crippen molar-refractivity contribution in [3.05, 3.63) is 16.2 Å². The molecule has 2 heterocycles. The van der Waals surface area contributed by atoms with Gasteiger partial charge in [-0.05, 0) is 13.8 Å². The first-order valence-corrected chi connectivity index (χ1v) is 4.85. The number of hydrogen-bond donors (Lipinski definition) is 0. The number of hydrogen-bond acceptors (Lipinski definition) is 4. The van der Waals surface area contributed by atoms with Gasteiger partial charge in [-0.2, -0.15) is 0 Å². The summed E-state index contributed by atoms with van der Waals surface area (Å²) in [4.78, 5) is 4.35. The standard InChI is InChI=1S/C8H10N4S/c1-5-10-11-8(12(5)3)7-4-13-6(2)9-7/h4H,1-3H3. The quantitative estimate of drug-likeness (QED) is 0.692. The summed E-state index contributed by atoms with van der Waals surface area (Å²) < 4.78 is 1.94. The fourth-order valence-corrected chi connectivity index (χ4v) is 1.69. The summed E-state index contributed by atoms with van der Waals surface area (Å²) in [6.45, 7) is 3.91. The molecule has 0 aliphatic heterocycles. The summed E-state index contributed by atoms with van der Waals surface area (Å²) in [5, 5.41) is 11.1. The van der Waals surface area contributed by atoms with Gasteiger partial charge in [-0.1, -0.05) is 0 Å². The minimum atomic E-state index is 0.835. The fraction of sp³-hybridized carbons (Fsp3) is 0.375. The van der Waals surface area contributed by atoms with Crippen molar-refractivity contribution in [2.75, 3.05) is 0 Å². The Morgan fingerprint density at radius 3 is 2.54 bits per heavy atom. The second kappa shape index (κ2) is 2.92. The van der Waals surface area contributed by atoms with Crippen molar-refractivity contribution in [2.45, 2.75) is 13.8 Å². The van der Waals surface area contributed by atoms with Gasteiger partial charge in [0.15, 0.2) is 5.82 Å². The molecule has 2 rings (SSSR count). The Morgan fingerprint density at radius 2 is 2.08 bits per heavy atom. The molecule has 0 N–H and O–H groups in total. The highest BCUT2D eigenvalue weighted by molar-refractivity contribution is 7.09. The predicted octanol–water partition coefficient (Wildman–Crippen LogP) is 1.56. The Morgan fingerprint density at radius 1 is 1.31 bits per heavy atom. The molecule has 0 saturated heterocycles. The molecule has 0 saturated carbocycles. The second-order valence-electron chi connectivity index (χ2n) is 2.88. The van der Waals surface area contributed by atoms with E-state index in [1.807, 2.05) is 30.8 Å². The van der Waals surface area contributed by atoms with Crippen LogP contribution in [0.25, 0.3) is 11.5 Å². The summed E-state index contributed by atoms with van der Waals surface area (Å²) in [6.07, 6.45) is 0. The topological polar surface area (TPSA) is 43.6 Å². The van der Waals surface area contributed by atoms with Crippen LogP contribution < -0.4 is 0 Å². The molecule has 5 heteroatoms. The van der Waals surface area contributed by atoms with Crippen LogP contribution in [0.2, 0.25) is 0 Å². The highest BCUT2D eigenvalue weighted by Crippen LogP contribution is 2.19. The van der Waals surface area contributed by atoms with Crippen LogP contribution in [0.5, 0.6) is 0 Å². The minimum Gasteiger partial charge on any atom is -0.313 e. The molecule has 0 aromatic carbocycles. The molecule has 0 spiro atoms. The SMILES string of the molecule is Cc1nc(-c2nnc(C)n2C)cs1. The smallest absolute Gasteiger partial charge is 0.183 e. The van der Waals surface area contributed by atoms with Crippen molar-refractivity contribution in [1.82, 2.24) is 19.7 Å². The fourth-order valence-electron chi connectivity index (χ4n) is 1.10. The van der Waals surface area contributed by atoms with Gasteiger partial charge in [0.1, 0.15) is 11.5 Å². The minimum absolute atomic E-state index is 0.835. The van der Waals surface area contributed by atoms with E-state index in [-0.39, 0.29) is 0 Å². The molecule has 0 bridgehead atoms. The zero-order valence-electron chi connectivity index (χ0n) is 7.77. The van der Waals surface area contributed by atoms with E-state index in [0.717, 1.165) is 22.4 Å². The van der Waals surface area contributed by atoms with Crippen LogP contribution in [-0.2, 0) is 7.05 Å². The van der Waals surface area contributed by atoms with Crippen LogP contribution in [0.1, 0.15) is 10.8 Å². The van der Waals surface area contributed by atoms with Crippen LogP contribution in [0, 0.1) is 13.8 Å². The first-order valence-electron chi connectivity index (χ1n) is 3.97. The van der Waals surface area contributed by atoms with Gasteiger partial charge >= 0.3 is 0 Å². The highest BCUT2D eigenvalue weighted by atomic mass is 32.1. The zero-order chi connectivity index (χ0) is 9.42. The van der Waals surface area contributed by atoms with Crippen molar-refractivity contribution < 1.29 is 0 Å². The first-order chi connectivity index (χ1) is 6.18. The lowest BCUT2D eigenvalue weighted by Crippen LogP contribution is -1.94. The van der Waals surface area contributed by atoms with Gasteiger partial charge in [-0.25, -0.2) is 4.98 Å². The van der Waals surface area contributed by atoms with Crippen LogP contribution >= 0.6 is 11.3 Å². The van der Waals surface area contributed by atoms with Crippen LogP contribution in [0.3, 0.4) is 0 Å². The first kappa shape index (κ1) is 8.37. The highest BCUT2D eigenvalue weighted by Gasteiger charge is 2.09. The lowest BCUT2D eigenvalue weighted by molar-refractivity contribution is 0.862. The summed E-state index contributed by atoms with van der Waals surface area (Å²) >= 11 is 1.62. The van der Waals surface area contributed by atoms with E-state index >= 15 is 0 Å². The third-order valence-corrected chi connectivity index (χ3v) is 2.71. The molecule has 2 aromatic rings. The van der Waals surface area contributed by atoms with E-state index in [1.54, 1.807) is 11.3 Å². The third kappa shape index (κ3) is 1.35. The average molecular weight is 194 g/mol. The molecule has 13 heavy (non-hydrogen) atoms. The molecule has 0 unspecified atom stereocenters. The van der Waals surface area contributed by atoms with Crippen molar-refractivity contribution in [3.63, 3.8) is 0 Å². The Bertz CT molecular complexity index is 429. The maximum Gasteiger partial charge on any atom is 0.183 e. The molecule has 4 nitrogen and oxygen atoms in total. The van der Waals surface area contributed by atoms with Gasteiger partial charge in [0.2, 0.25) is 0 Å². The normalized spacial score (nSPS) is 10.7. The van der Waals surface area contributed by atoms with Crippen molar-refractivity contribution in [2.24, 2.45) is 7.05 Å². The Balaban J connectivity index is 2.52. The molecular formula is C8H10N4S. The Labute approximate surface area is 80.3 Å². The largest absolute Gasteiger partial charge is 0.313 e. The number of thiazole rings is 1. The Kier molecular flexibility index (Phi) is 1.88. The summed E-state index contributed by atoms with van der Waals surface area (Å²) in [6, 6.07) is 0. The number of aromatic nitrogens is 4. The van der Waals surface area contributed by atoms with Crippen LogP contribution in [-0.4, -0.2) is 19.7 Å². The van der Waals surface area contributed by atoms with E-state index in [0.29, 0.717) is 0 Å². The molecule has 0 atom stereocenters. The molecule has 0 aliphatic rings. The predicted molar refractivity (Wildman–Crippen MR) is 51.6 cm³/mol. The van der Waals surface area contributed by atoms with E-state index in [1.165, 1.54) is 0 Å². The summed E-state index contributed by atoms with van der Waals surface area (Å²) in [5.41, 5.74) is 0.908. The van der Waals surface area contributed by atoms with Crippen molar-refractivity contribution in [1.29, 1.82) is 0 Å². The van der Waals surface area contributed by atoms with Gasteiger partial charge in [-0.15, -0.1) is 21.5 Å². The maximum atomic E-state index is 4.35. The van der Waals surface area contributed by atoms with Crippen molar-refractivity contribution in [3.8, 4) is 11.5 Å². The van der Waals surface area contributed by atoms with Gasteiger partial charge in [0, 0.05) is 12.4 Å². The van der Waals surface area contributed by atoms with Gasteiger partial charge in [0.05, 0.1) is 5.01 Å². The molecular weight excluding hydrogens is 184 g/mol. The van der Waals surface area contributed by atoms with Gasteiger partial charge in [-0.3, -0.25) is 0 Å². The van der Waals surface area contributed by atoms with E-state index < -0.39 is 0 Å². The average Bonchev–Trinajstić information content (AvgIpc) is 2.62. The molecule has 0 aliphatic carbocycles. The van der Waals surface area contributed by atoms with E-state index in [9.17, 15) is 0 Å². The second-order valence-corrected chi connectivity index (χ2v) is 3.94. The molecule has 0 fully saturated rings. The summed E-state index contributed by atoms with van der Waals surface area (Å²) in [5.74, 6) is 1.74. The number of nitrogens with zero attached hydrogens (tertiary/aromatic N) is 4. The lowest BCUT2D eigenvalue weighted by atomic mass is 10.4. The van der Waals surface area contributed by atoms with Crippen LogP contribution in [0.15, 0.2) is 5.38 Å². The lowest BCUT2D eigenvalue weighted by Gasteiger charge is -1.96. The van der Waals surface area contributed by atoms with E-state index in [4.69, 9.17) is 0 Å². The number of aryl methyl sites for hydroxylation is 2. The zero-order valence-corrected chi connectivity index (χ0v) is 8.59. The third-order valence-electron chi connectivity index (χ3n) is 1.94. The van der Waals surface area contributed by atoms with Gasteiger partial charge in [0.25, 0.3) is 0 Å². The number of rotatable bonds is 1. The molecule has 0 radical (unpaired) electrons. The molecule has 2 aromatic heterocycles. The molecule has 68 valence electrons. The van der Waals surface area contributed by atoms with Crippen molar-refractivity contribution >= 4 is 11.3 Å². The summed E-state index contributed by atoms with van der Waals surface area (Å²) in [7, 11) is 1.94. The maximum absolute atomic E-state index is 4.35. The van der Waals surface area contributed by atoms with Gasteiger partial charge < -0.3 is 4.57 Å². The van der Waals surface area contributed by atoms with E-state index in [2.05, 4.69) is 15.2 Å².